The van der Waals surface area contributed by atoms with Crippen LogP contribution in [0.2, 0.25) is 0 Å². The lowest BCUT2D eigenvalue weighted by Gasteiger charge is -1.93. The van der Waals surface area contributed by atoms with Crippen molar-refractivity contribution in [2.24, 2.45) is 0 Å². The predicted molar refractivity (Wildman–Crippen MR) is 52.5 cm³/mol. The highest BCUT2D eigenvalue weighted by Crippen LogP contribution is 2.20. The molecule has 0 spiro atoms. The van der Waals surface area contributed by atoms with Crippen molar-refractivity contribution < 1.29 is 17.3 Å². The van der Waals surface area contributed by atoms with Gasteiger partial charge in [-0.15, -0.1) is 0 Å². The fourth-order valence-corrected chi connectivity index (χ4v) is 2.02. The number of sulfone groups is 1. The van der Waals surface area contributed by atoms with Gasteiger partial charge >= 0.3 is 0 Å². The second-order valence-corrected chi connectivity index (χ2v) is 5.48. The lowest BCUT2D eigenvalue weighted by Crippen LogP contribution is -2.01. The summed E-state index contributed by atoms with van der Waals surface area (Å²) in [5.41, 5.74) is 0.627. The van der Waals surface area contributed by atoms with Gasteiger partial charge in [0.15, 0.2) is 15.4 Å². The van der Waals surface area contributed by atoms with E-state index in [1.807, 2.05) is 0 Å². The summed E-state index contributed by atoms with van der Waals surface area (Å²) >= 11 is 0. The number of rotatable bonds is 2. The molecule has 0 bridgehead atoms. The smallest absolute Gasteiger partial charge is 0.167 e. The first-order valence-electron chi connectivity index (χ1n) is 4.17. The monoisotopic (exact) mass is 228 g/mol. The summed E-state index contributed by atoms with van der Waals surface area (Å²) in [6.45, 7) is 0. The Bertz CT molecular complexity index is 603. The van der Waals surface area contributed by atoms with Crippen molar-refractivity contribution in [3.05, 3.63) is 29.7 Å². The molecule has 0 atom stereocenters. The van der Waals surface area contributed by atoms with Crippen LogP contribution in [0.4, 0.5) is 4.39 Å². The summed E-state index contributed by atoms with van der Waals surface area (Å²) in [7, 11) is -3.20. The van der Waals surface area contributed by atoms with E-state index in [1.54, 1.807) is 0 Å². The molecule has 0 aliphatic rings. The maximum atomic E-state index is 12.9. The lowest BCUT2D eigenvalue weighted by atomic mass is 10.2. The Morgan fingerprint density at radius 2 is 2.20 bits per heavy atom. The first kappa shape index (κ1) is 10.1. The Hall–Kier alpha value is -1.43. The summed E-state index contributed by atoms with van der Waals surface area (Å²) in [5.74, 6) is -0.691. The van der Waals surface area contributed by atoms with Gasteiger partial charge in [-0.1, -0.05) is 5.16 Å². The molecule has 6 heteroatoms. The van der Waals surface area contributed by atoms with Gasteiger partial charge in [0.25, 0.3) is 0 Å². The molecule has 0 amide bonds. The van der Waals surface area contributed by atoms with E-state index in [0.717, 1.165) is 6.26 Å². The Morgan fingerprint density at radius 3 is 2.87 bits per heavy atom. The maximum Gasteiger partial charge on any atom is 0.167 e. The third-order valence-corrected chi connectivity index (χ3v) is 2.70. The van der Waals surface area contributed by atoms with Crippen molar-refractivity contribution in [1.29, 1.82) is 0 Å². The molecule has 0 radical (unpaired) electrons. The summed E-state index contributed by atoms with van der Waals surface area (Å²) in [6.07, 6.45) is 1.09. The lowest BCUT2D eigenvalue weighted by molar-refractivity contribution is 0.448. The van der Waals surface area contributed by atoms with Gasteiger partial charge in [-0.3, -0.25) is 0 Å². The van der Waals surface area contributed by atoms with Crippen molar-refractivity contribution >= 4 is 20.8 Å². The van der Waals surface area contributed by atoms with Crippen LogP contribution in [0.15, 0.2) is 22.7 Å². The summed E-state index contributed by atoms with van der Waals surface area (Å²) < 4.78 is 39.9. The number of benzene rings is 1. The molecule has 0 saturated carbocycles. The highest BCUT2D eigenvalue weighted by Gasteiger charge is 2.13. The van der Waals surface area contributed by atoms with Crippen LogP contribution in [0.5, 0.6) is 0 Å². The van der Waals surface area contributed by atoms with Crippen molar-refractivity contribution in [2.45, 2.75) is 5.75 Å². The molecule has 80 valence electrons. The van der Waals surface area contributed by atoms with E-state index in [0.29, 0.717) is 11.0 Å². The zero-order valence-corrected chi connectivity index (χ0v) is 8.71. The van der Waals surface area contributed by atoms with E-state index in [4.69, 9.17) is 4.52 Å². The number of aromatic nitrogens is 1. The average Bonchev–Trinajstić information content (AvgIpc) is 2.46. The third-order valence-electron chi connectivity index (χ3n) is 1.91. The summed E-state index contributed by atoms with van der Waals surface area (Å²) in [5, 5.41) is 4.00. The molecule has 0 N–H and O–H groups in total. The second-order valence-electron chi connectivity index (χ2n) is 3.34. The molecule has 0 fully saturated rings. The highest BCUT2D eigenvalue weighted by atomic mass is 32.2. The van der Waals surface area contributed by atoms with Gasteiger partial charge < -0.3 is 4.52 Å². The minimum atomic E-state index is -3.20. The van der Waals surface area contributed by atoms with Crippen LogP contribution >= 0.6 is 0 Å². The average molecular weight is 228 g/mol. The minimum Gasteiger partial charge on any atom is -0.356 e. The number of halogens is 1. The van der Waals surface area contributed by atoms with Gasteiger partial charge in [-0.25, -0.2) is 12.8 Å². The van der Waals surface area contributed by atoms with Gasteiger partial charge in [0.05, 0.1) is 5.75 Å². The molecule has 4 nitrogen and oxygen atoms in total. The van der Waals surface area contributed by atoms with Crippen LogP contribution < -0.4 is 0 Å². The van der Waals surface area contributed by atoms with Crippen molar-refractivity contribution in [3.63, 3.8) is 0 Å². The van der Waals surface area contributed by atoms with E-state index in [1.165, 1.54) is 18.2 Å². The maximum absolute atomic E-state index is 12.9. The fourth-order valence-electron chi connectivity index (χ4n) is 1.31. The number of hydrogen-bond acceptors (Lipinski definition) is 4. The molecular weight excluding hydrogens is 220 g/mol. The van der Waals surface area contributed by atoms with Crippen molar-refractivity contribution in [3.8, 4) is 0 Å². The van der Waals surface area contributed by atoms with Gasteiger partial charge in [0.1, 0.15) is 11.5 Å². The molecule has 0 unspecified atom stereocenters. The normalized spacial score (nSPS) is 12.1. The zero-order valence-electron chi connectivity index (χ0n) is 7.90. The largest absolute Gasteiger partial charge is 0.356 e. The van der Waals surface area contributed by atoms with Crippen LogP contribution in [0.1, 0.15) is 5.69 Å². The van der Waals surface area contributed by atoms with Gasteiger partial charge in [0, 0.05) is 11.6 Å². The molecule has 2 aromatic rings. The van der Waals surface area contributed by atoms with Crippen LogP contribution in [-0.4, -0.2) is 19.8 Å². The first-order valence-corrected chi connectivity index (χ1v) is 6.23. The molecule has 1 aromatic heterocycles. The highest BCUT2D eigenvalue weighted by molar-refractivity contribution is 7.89. The quantitative estimate of drug-likeness (QED) is 0.781. The molecule has 1 aromatic carbocycles. The first-order chi connectivity index (χ1) is 6.96. The standard InChI is InChI=1S/C9H8FNO3S/c1-15(12,13)5-8-7-4-6(10)2-3-9(7)14-11-8/h2-4H,5H2,1H3/i10-1. The second kappa shape index (κ2) is 3.30. The Labute approximate surface area is 85.6 Å². The van der Waals surface area contributed by atoms with Crippen molar-refractivity contribution in [2.75, 3.05) is 6.26 Å². The molecule has 15 heavy (non-hydrogen) atoms. The summed E-state index contributed by atoms with van der Waals surface area (Å²) in [4.78, 5) is 0. The van der Waals surface area contributed by atoms with Crippen LogP contribution in [0.3, 0.4) is 0 Å². The van der Waals surface area contributed by atoms with Gasteiger partial charge in [-0.2, -0.15) is 0 Å². The topological polar surface area (TPSA) is 60.2 Å². The molecular formula is C9H8FNO3S. The number of fused-ring (bicyclic) bond motifs is 1. The Morgan fingerprint density at radius 1 is 1.47 bits per heavy atom. The SMILES string of the molecule is CS(=O)(=O)Cc1noc2ccc([18F])cc12. The van der Waals surface area contributed by atoms with Crippen molar-refractivity contribution in [1.82, 2.24) is 5.16 Å². The third kappa shape index (κ3) is 2.15. The zero-order chi connectivity index (χ0) is 11.1. The minimum absolute atomic E-state index is 0.243. The molecule has 0 aliphatic heterocycles. The molecule has 2 rings (SSSR count). The molecule has 0 saturated heterocycles. The number of hydrogen-bond donors (Lipinski definition) is 0. The van der Waals surface area contributed by atoms with Crippen LogP contribution in [0, 0.1) is 5.82 Å². The van der Waals surface area contributed by atoms with E-state index in [9.17, 15) is 12.8 Å². The van der Waals surface area contributed by atoms with E-state index in [2.05, 4.69) is 5.16 Å². The molecule has 1 heterocycles. The fraction of sp³-hybridized carbons (Fsp3) is 0.222. The number of nitrogens with zero attached hydrogens (tertiary/aromatic N) is 1. The van der Waals surface area contributed by atoms with E-state index < -0.39 is 15.7 Å². The predicted octanol–water partition coefficient (Wildman–Crippen LogP) is 1.51. The summed E-state index contributed by atoms with van der Waals surface area (Å²) in [6, 6.07) is 3.87. The molecule has 0 aliphatic carbocycles. The Kier molecular flexibility index (Phi) is 2.22. The van der Waals surface area contributed by atoms with Gasteiger partial charge in [-0.05, 0) is 18.2 Å². The van der Waals surface area contributed by atoms with Gasteiger partial charge in [0.2, 0.25) is 0 Å². The van der Waals surface area contributed by atoms with E-state index in [-0.39, 0.29) is 11.4 Å². The van der Waals surface area contributed by atoms with Crippen LogP contribution in [0.25, 0.3) is 11.0 Å². The Balaban J connectivity index is 2.57. The van der Waals surface area contributed by atoms with E-state index >= 15 is 0 Å². The van der Waals surface area contributed by atoms with Crippen LogP contribution in [-0.2, 0) is 15.6 Å².